The second kappa shape index (κ2) is 7.92. The number of aryl methyl sites for hydroxylation is 1. The van der Waals surface area contributed by atoms with E-state index in [0.717, 1.165) is 15.9 Å². The number of carbonyl (C=O) groups excluding carboxylic acids is 1. The van der Waals surface area contributed by atoms with Crippen LogP contribution in [0.3, 0.4) is 0 Å². The van der Waals surface area contributed by atoms with Crippen LogP contribution in [0.5, 0.6) is 5.75 Å². The minimum absolute atomic E-state index is 0.174. The minimum atomic E-state index is -0.459. The highest BCUT2D eigenvalue weighted by atomic mass is 79.9. The summed E-state index contributed by atoms with van der Waals surface area (Å²) in [5, 5.41) is 7.32. The second-order valence-electron chi connectivity index (χ2n) is 6.09. The minimum Gasteiger partial charge on any atom is -0.494 e. The number of hydrogen-bond acceptors (Lipinski definition) is 3. The van der Waals surface area contributed by atoms with E-state index in [2.05, 4.69) is 26.3 Å². The van der Waals surface area contributed by atoms with Crippen molar-refractivity contribution in [3.63, 3.8) is 0 Å². The van der Waals surface area contributed by atoms with E-state index in [0.29, 0.717) is 16.8 Å². The lowest BCUT2D eigenvalue weighted by atomic mass is 10.1. The van der Waals surface area contributed by atoms with E-state index >= 15 is 0 Å². The molecule has 0 radical (unpaired) electrons. The fraction of sp³-hybridized carbons (Fsp3) is 0.200. The molecule has 2 aromatic carbocycles. The molecule has 0 fully saturated rings. The number of nitrogens with zero attached hydrogens (tertiary/aromatic N) is 2. The Morgan fingerprint density at radius 2 is 1.93 bits per heavy atom. The van der Waals surface area contributed by atoms with Crippen LogP contribution in [-0.2, 0) is 6.54 Å². The maximum absolute atomic E-state index is 13.8. The Bertz CT molecular complexity index is 984. The molecule has 3 aromatic rings. The van der Waals surface area contributed by atoms with Crippen LogP contribution in [0.25, 0.3) is 5.69 Å². The zero-order valence-corrected chi connectivity index (χ0v) is 16.8. The summed E-state index contributed by atoms with van der Waals surface area (Å²) >= 11 is 3.41. The van der Waals surface area contributed by atoms with Crippen LogP contribution in [0, 0.1) is 19.7 Å². The first kappa shape index (κ1) is 19.1. The van der Waals surface area contributed by atoms with Crippen molar-refractivity contribution in [2.24, 2.45) is 0 Å². The number of hydrogen-bond donors (Lipinski definition) is 1. The van der Waals surface area contributed by atoms with Gasteiger partial charge in [-0.25, -0.2) is 9.07 Å². The Morgan fingerprint density at radius 3 is 2.56 bits per heavy atom. The van der Waals surface area contributed by atoms with Crippen LogP contribution in [0.4, 0.5) is 4.39 Å². The van der Waals surface area contributed by atoms with Crippen molar-refractivity contribution in [2.75, 3.05) is 7.11 Å². The Kier molecular flexibility index (Phi) is 5.60. The first-order chi connectivity index (χ1) is 12.9. The lowest BCUT2D eigenvalue weighted by Crippen LogP contribution is -2.24. The molecule has 0 saturated carbocycles. The third kappa shape index (κ3) is 4.03. The SMILES string of the molecule is COc1ccc(CNC(=O)c2c(C)nn(-c3ccc(Br)cc3)c2C)cc1F. The van der Waals surface area contributed by atoms with Crippen LogP contribution in [0.1, 0.15) is 27.3 Å². The third-order valence-electron chi connectivity index (χ3n) is 4.26. The van der Waals surface area contributed by atoms with Crippen molar-refractivity contribution in [3.8, 4) is 11.4 Å². The highest BCUT2D eigenvalue weighted by molar-refractivity contribution is 9.10. The molecular formula is C20H19BrFN3O2. The molecule has 0 saturated heterocycles. The molecule has 0 unspecified atom stereocenters. The van der Waals surface area contributed by atoms with Gasteiger partial charge in [-0.1, -0.05) is 22.0 Å². The molecule has 0 aliphatic heterocycles. The van der Waals surface area contributed by atoms with Crippen molar-refractivity contribution >= 4 is 21.8 Å². The zero-order chi connectivity index (χ0) is 19.6. The Hall–Kier alpha value is -2.67. The van der Waals surface area contributed by atoms with Crippen LogP contribution in [0.15, 0.2) is 46.9 Å². The molecule has 0 aliphatic carbocycles. The molecule has 1 aromatic heterocycles. The predicted octanol–water partition coefficient (Wildman–Crippen LogP) is 4.33. The van der Waals surface area contributed by atoms with Crippen LogP contribution in [0.2, 0.25) is 0 Å². The Morgan fingerprint density at radius 1 is 1.22 bits per heavy atom. The topological polar surface area (TPSA) is 56.1 Å². The summed E-state index contributed by atoms with van der Waals surface area (Å²) in [5.74, 6) is -0.531. The summed E-state index contributed by atoms with van der Waals surface area (Å²) in [7, 11) is 1.41. The maximum atomic E-state index is 13.8. The summed E-state index contributed by atoms with van der Waals surface area (Å²) in [6.07, 6.45) is 0. The van der Waals surface area contributed by atoms with Gasteiger partial charge in [-0.15, -0.1) is 0 Å². The van der Waals surface area contributed by atoms with Crippen molar-refractivity contribution in [1.82, 2.24) is 15.1 Å². The van der Waals surface area contributed by atoms with Crippen molar-refractivity contribution < 1.29 is 13.9 Å². The number of nitrogens with one attached hydrogen (secondary N) is 1. The fourth-order valence-corrected chi connectivity index (χ4v) is 3.16. The van der Waals surface area contributed by atoms with E-state index < -0.39 is 5.82 Å². The number of methoxy groups -OCH3 is 1. The molecule has 0 spiro atoms. The number of halogens is 2. The number of carbonyl (C=O) groups is 1. The quantitative estimate of drug-likeness (QED) is 0.653. The highest BCUT2D eigenvalue weighted by Crippen LogP contribution is 2.21. The van der Waals surface area contributed by atoms with Crippen LogP contribution >= 0.6 is 15.9 Å². The number of ether oxygens (including phenoxy) is 1. The molecule has 0 bridgehead atoms. The van der Waals surface area contributed by atoms with E-state index in [4.69, 9.17) is 4.74 Å². The summed E-state index contributed by atoms with van der Waals surface area (Å²) < 4.78 is 21.4. The molecule has 0 atom stereocenters. The summed E-state index contributed by atoms with van der Waals surface area (Å²) in [5.41, 5.74) is 3.42. The van der Waals surface area contributed by atoms with Crippen LogP contribution in [-0.4, -0.2) is 22.8 Å². The van der Waals surface area contributed by atoms with E-state index in [9.17, 15) is 9.18 Å². The molecule has 0 aliphatic rings. The van der Waals surface area contributed by atoms with E-state index in [1.807, 2.05) is 31.2 Å². The third-order valence-corrected chi connectivity index (χ3v) is 4.79. The van der Waals surface area contributed by atoms with E-state index in [1.54, 1.807) is 23.7 Å². The van der Waals surface area contributed by atoms with Gasteiger partial charge in [-0.3, -0.25) is 4.79 Å². The van der Waals surface area contributed by atoms with Crippen molar-refractivity contribution in [3.05, 3.63) is 75.3 Å². The molecule has 1 N–H and O–H groups in total. The van der Waals surface area contributed by atoms with Gasteiger partial charge in [-0.05, 0) is 55.8 Å². The van der Waals surface area contributed by atoms with Gasteiger partial charge >= 0.3 is 0 Å². The molecule has 1 amide bonds. The molecular weight excluding hydrogens is 413 g/mol. The predicted molar refractivity (Wildman–Crippen MR) is 105 cm³/mol. The van der Waals surface area contributed by atoms with Gasteiger partial charge in [0, 0.05) is 11.0 Å². The molecule has 7 heteroatoms. The summed E-state index contributed by atoms with van der Waals surface area (Å²) in [6.45, 7) is 3.86. The van der Waals surface area contributed by atoms with E-state index in [-0.39, 0.29) is 18.2 Å². The molecule has 140 valence electrons. The standard InChI is InChI=1S/C20H19BrFN3O2/c1-12-19(13(2)25(24-12)16-7-5-15(21)6-8-16)20(26)23-11-14-4-9-18(27-3)17(22)10-14/h4-10H,11H2,1-3H3,(H,23,26). The lowest BCUT2D eigenvalue weighted by Gasteiger charge is -2.08. The number of amides is 1. The van der Waals surface area contributed by atoms with Crippen molar-refractivity contribution in [2.45, 2.75) is 20.4 Å². The normalized spacial score (nSPS) is 10.7. The number of aromatic nitrogens is 2. The Balaban J connectivity index is 1.79. The van der Waals surface area contributed by atoms with Crippen LogP contribution < -0.4 is 10.1 Å². The van der Waals surface area contributed by atoms with Gasteiger partial charge < -0.3 is 10.1 Å². The van der Waals surface area contributed by atoms with Crippen molar-refractivity contribution in [1.29, 1.82) is 0 Å². The maximum Gasteiger partial charge on any atom is 0.255 e. The largest absolute Gasteiger partial charge is 0.494 e. The van der Waals surface area contributed by atoms with Gasteiger partial charge in [0.15, 0.2) is 11.6 Å². The Labute approximate surface area is 165 Å². The average Bonchev–Trinajstić information content (AvgIpc) is 2.95. The van der Waals surface area contributed by atoms with Gasteiger partial charge in [0.1, 0.15) is 0 Å². The lowest BCUT2D eigenvalue weighted by molar-refractivity contribution is 0.0949. The average molecular weight is 432 g/mol. The van der Waals surface area contributed by atoms with Gasteiger partial charge in [0.2, 0.25) is 0 Å². The fourth-order valence-electron chi connectivity index (χ4n) is 2.90. The smallest absolute Gasteiger partial charge is 0.255 e. The number of benzene rings is 2. The summed E-state index contributed by atoms with van der Waals surface area (Å²) in [4.78, 5) is 12.7. The monoisotopic (exact) mass is 431 g/mol. The second-order valence-corrected chi connectivity index (χ2v) is 7.00. The first-order valence-corrected chi connectivity index (χ1v) is 9.12. The van der Waals surface area contributed by atoms with Gasteiger partial charge in [0.05, 0.1) is 29.7 Å². The summed E-state index contributed by atoms with van der Waals surface area (Å²) in [6, 6.07) is 12.3. The molecule has 27 heavy (non-hydrogen) atoms. The zero-order valence-electron chi connectivity index (χ0n) is 15.2. The molecule has 1 heterocycles. The first-order valence-electron chi connectivity index (χ1n) is 8.33. The van der Waals surface area contributed by atoms with Gasteiger partial charge in [-0.2, -0.15) is 5.10 Å². The molecule has 3 rings (SSSR count). The number of rotatable bonds is 5. The van der Waals surface area contributed by atoms with Gasteiger partial charge in [0.25, 0.3) is 5.91 Å². The molecule has 5 nitrogen and oxygen atoms in total. The van der Waals surface area contributed by atoms with E-state index in [1.165, 1.54) is 13.2 Å². The highest BCUT2D eigenvalue weighted by Gasteiger charge is 2.19.